The van der Waals surface area contributed by atoms with Crippen molar-refractivity contribution >= 4 is 5.97 Å². The Kier molecular flexibility index (Phi) is 2.99. The second kappa shape index (κ2) is 4.02. The maximum atomic E-state index is 10.9. The predicted octanol–water partition coefficient (Wildman–Crippen LogP) is 2.69. The molecule has 0 amide bonds. The molecular weight excluding hydrogens is 204 g/mol. The van der Waals surface area contributed by atoms with Crippen molar-refractivity contribution in [1.82, 2.24) is 0 Å². The van der Waals surface area contributed by atoms with Gasteiger partial charge in [-0.2, -0.15) is 0 Å². The lowest BCUT2D eigenvalue weighted by Gasteiger charge is -2.30. The van der Waals surface area contributed by atoms with Crippen LogP contribution in [-0.2, 0) is 9.53 Å². The smallest absolute Gasteiger partial charge is 0.306 e. The molecule has 0 bridgehead atoms. The van der Waals surface area contributed by atoms with Crippen LogP contribution in [0.5, 0.6) is 0 Å². The summed E-state index contributed by atoms with van der Waals surface area (Å²) in [5.74, 6) is 0.198. The first-order valence-corrected chi connectivity index (χ1v) is 6.32. The number of ether oxygens (including phenoxy) is 1. The van der Waals surface area contributed by atoms with Crippen molar-refractivity contribution in [3.8, 4) is 0 Å². The van der Waals surface area contributed by atoms with Gasteiger partial charge in [-0.15, -0.1) is 0 Å². The number of hydrogen-bond donors (Lipinski definition) is 1. The minimum absolute atomic E-state index is 0.0793. The maximum Gasteiger partial charge on any atom is 0.306 e. The van der Waals surface area contributed by atoms with Crippen LogP contribution in [0.2, 0.25) is 0 Å². The number of rotatable bonds is 3. The van der Waals surface area contributed by atoms with Gasteiger partial charge in [0.25, 0.3) is 0 Å². The van der Waals surface area contributed by atoms with Crippen molar-refractivity contribution in [3.05, 3.63) is 0 Å². The zero-order valence-corrected chi connectivity index (χ0v) is 10.4. The molecule has 2 atom stereocenters. The first-order chi connectivity index (χ1) is 7.42. The highest BCUT2D eigenvalue weighted by molar-refractivity contribution is 5.69. The number of epoxide rings is 1. The second-order valence-corrected chi connectivity index (χ2v) is 5.94. The fourth-order valence-electron chi connectivity index (χ4n) is 3.11. The molecule has 0 aromatic heterocycles. The highest BCUT2D eigenvalue weighted by Crippen LogP contribution is 2.47. The van der Waals surface area contributed by atoms with Crippen molar-refractivity contribution in [1.29, 1.82) is 0 Å². The standard InChI is InChI=1S/C13H22O3/c1-8(12(14)15)9-4-6-10(7-5-9)11-13(2,3)16-11/h8-11H,4-7H2,1-3H3,(H,14,15). The molecular formula is C13H22O3. The molecule has 2 aliphatic rings. The zero-order chi connectivity index (χ0) is 11.9. The van der Waals surface area contributed by atoms with Crippen molar-refractivity contribution in [2.24, 2.45) is 17.8 Å². The second-order valence-electron chi connectivity index (χ2n) is 5.94. The van der Waals surface area contributed by atoms with E-state index in [1.165, 1.54) is 0 Å². The minimum atomic E-state index is -0.647. The van der Waals surface area contributed by atoms with Gasteiger partial charge in [-0.3, -0.25) is 4.79 Å². The van der Waals surface area contributed by atoms with E-state index in [0.717, 1.165) is 25.7 Å². The topological polar surface area (TPSA) is 49.8 Å². The van der Waals surface area contributed by atoms with Crippen LogP contribution in [0, 0.1) is 17.8 Å². The van der Waals surface area contributed by atoms with Crippen LogP contribution in [0.3, 0.4) is 0 Å². The largest absolute Gasteiger partial charge is 0.481 e. The molecule has 1 N–H and O–H groups in total. The zero-order valence-electron chi connectivity index (χ0n) is 10.4. The molecule has 2 unspecified atom stereocenters. The first-order valence-electron chi connectivity index (χ1n) is 6.32. The summed E-state index contributed by atoms with van der Waals surface area (Å²) in [5, 5.41) is 8.98. The van der Waals surface area contributed by atoms with Crippen LogP contribution in [0.1, 0.15) is 46.5 Å². The van der Waals surface area contributed by atoms with Crippen LogP contribution in [0.15, 0.2) is 0 Å². The number of carboxylic acids is 1. The summed E-state index contributed by atoms with van der Waals surface area (Å²) in [4.78, 5) is 10.9. The summed E-state index contributed by atoms with van der Waals surface area (Å²) in [7, 11) is 0. The van der Waals surface area contributed by atoms with Crippen LogP contribution in [-0.4, -0.2) is 22.8 Å². The Bertz CT molecular complexity index is 277. The van der Waals surface area contributed by atoms with E-state index in [1.807, 2.05) is 6.92 Å². The molecule has 1 saturated carbocycles. The third-order valence-corrected chi connectivity index (χ3v) is 4.40. The van der Waals surface area contributed by atoms with Gasteiger partial charge in [0.1, 0.15) is 0 Å². The van der Waals surface area contributed by atoms with Crippen molar-refractivity contribution < 1.29 is 14.6 Å². The summed E-state index contributed by atoms with van der Waals surface area (Å²) in [6.45, 7) is 6.12. The van der Waals surface area contributed by atoms with Gasteiger partial charge >= 0.3 is 5.97 Å². The Morgan fingerprint density at radius 3 is 2.19 bits per heavy atom. The molecule has 92 valence electrons. The number of carboxylic acid groups (broad SMARTS) is 1. The number of aliphatic carboxylic acids is 1. The normalized spacial score (nSPS) is 39.1. The fourth-order valence-corrected chi connectivity index (χ4v) is 3.11. The number of hydrogen-bond acceptors (Lipinski definition) is 2. The van der Waals surface area contributed by atoms with E-state index in [0.29, 0.717) is 17.9 Å². The summed E-state index contributed by atoms with van der Waals surface area (Å²) in [6.07, 6.45) is 4.79. The molecule has 2 rings (SSSR count). The van der Waals surface area contributed by atoms with Crippen molar-refractivity contribution in [3.63, 3.8) is 0 Å². The summed E-state index contributed by atoms with van der Waals surface area (Å²) in [5.41, 5.74) is 0.0793. The molecule has 1 heterocycles. The van der Waals surface area contributed by atoms with Gasteiger partial charge in [0.05, 0.1) is 17.6 Å². The Morgan fingerprint density at radius 2 is 1.81 bits per heavy atom. The molecule has 1 aliphatic heterocycles. The first kappa shape index (κ1) is 11.9. The third kappa shape index (κ3) is 2.24. The molecule has 3 nitrogen and oxygen atoms in total. The van der Waals surface area contributed by atoms with Gasteiger partial charge in [0.15, 0.2) is 0 Å². The van der Waals surface area contributed by atoms with Crippen LogP contribution in [0.4, 0.5) is 0 Å². The lowest BCUT2D eigenvalue weighted by molar-refractivity contribution is -0.143. The van der Waals surface area contributed by atoms with Gasteiger partial charge in [0.2, 0.25) is 0 Å². The average Bonchev–Trinajstić information content (AvgIpc) is 2.87. The lowest BCUT2D eigenvalue weighted by Crippen LogP contribution is -2.28. The summed E-state index contributed by atoms with van der Waals surface area (Å²) >= 11 is 0. The molecule has 0 aromatic rings. The van der Waals surface area contributed by atoms with E-state index in [4.69, 9.17) is 9.84 Å². The van der Waals surface area contributed by atoms with Gasteiger partial charge in [-0.1, -0.05) is 6.92 Å². The molecule has 2 fully saturated rings. The highest BCUT2D eigenvalue weighted by Gasteiger charge is 2.52. The van der Waals surface area contributed by atoms with E-state index < -0.39 is 5.97 Å². The van der Waals surface area contributed by atoms with Crippen LogP contribution < -0.4 is 0 Å². The molecule has 0 spiro atoms. The Hall–Kier alpha value is -0.570. The van der Waals surface area contributed by atoms with Gasteiger partial charge in [-0.05, 0) is 51.4 Å². The summed E-state index contributed by atoms with van der Waals surface area (Å²) < 4.78 is 5.67. The van der Waals surface area contributed by atoms with Gasteiger partial charge in [0, 0.05) is 0 Å². The van der Waals surface area contributed by atoms with Crippen LogP contribution >= 0.6 is 0 Å². The summed E-state index contributed by atoms with van der Waals surface area (Å²) in [6, 6.07) is 0. The van der Waals surface area contributed by atoms with E-state index >= 15 is 0 Å². The van der Waals surface area contributed by atoms with Gasteiger partial charge < -0.3 is 9.84 Å². The molecule has 0 aromatic carbocycles. The Balaban J connectivity index is 1.81. The number of carbonyl (C=O) groups is 1. The molecule has 1 aliphatic carbocycles. The lowest BCUT2D eigenvalue weighted by atomic mass is 9.74. The molecule has 0 radical (unpaired) electrons. The highest BCUT2D eigenvalue weighted by atomic mass is 16.6. The SMILES string of the molecule is CC(C(=O)O)C1CCC(C2OC2(C)C)CC1. The van der Waals surface area contributed by atoms with E-state index in [2.05, 4.69) is 13.8 Å². The van der Waals surface area contributed by atoms with Gasteiger partial charge in [-0.25, -0.2) is 0 Å². The van der Waals surface area contributed by atoms with E-state index in [1.54, 1.807) is 0 Å². The fraction of sp³-hybridized carbons (Fsp3) is 0.923. The van der Waals surface area contributed by atoms with E-state index in [-0.39, 0.29) is 11.5 Å². The predicted molar refractivity (Wildman–Crippen MR) is 61.2 cm³/mol. The van der Waals surface area contributed by atoms with Crippen molar-refractivity contribution in [2.75, 3.05) is 0 Å². The monoisotopic (exact) mass is 226 g/mol. The van der Waals surface area contributed by atoms with Crippen LogP contribution in [0.25, 0.3) is 0 Å². The van der Waals surface area contributed by atoms with Crippen molar-refractivity contribution in [2.45, 2.75) is 58.2 Å². The van der Waals surface area contributed by atoms with E-state index in [9.17, 15) is 4.79 Å². The molecule has 1 saturated heterocycles. The molecule has 16 heavy (non-hydrogen) atoms. The maximum absolute atomic E-state index is 10.9. The third-order valence-electron chi connectivity index (χ3n) is 4.40. The molecule has 3 heteroatoms. The Labute approximate surface area is 97.2 Å². The quantitative estimate of drug-likeness (QED) is 0.753. The minimum Gasteiger partial charge on any atom is -0.481 e. The Morgan fingerprint density at radius 1 is 1.31 bits per heavy atom. The average molecular weight is 226 g/mol.